The van der Waals surface area contributed by atoms with E-state index in [-0.39, 0.29) is 9.77 Å². The van der Waals surface area contributed by atoms with Crippen LogP contribution in [-0.2, 0) is 12.1 Å². The van der Waals surface area contributed by atoms with E-state index in [4.69, 9.17) is 0 Å². The van der Waals surface area contributed by atoms with Gasteiger partial charge in [-0.05, 0) is 34.7 Å². The molecule has 0 aliphatic rings. The fourth-order valence-corrected chi connectivity index (χ4v) is 1.48. The van der Waals surface area contributed by atoms with Crippen LogP contribution in [0.2, 0.25) is 0 Å². The van der Waals surface area contributed by atoms with Crippen LogP contribution < -0.4 is 0 Å². The van der Waals surface area contributed by atoms with Crippen molar-refractivity contribution in [3.05, 3.63) is 27.1 Å². The molecule has 0 aliphatic carbocycles. The van der Waals surface area contributed by atoms with E-state index in [9.17, 15) is 35.1 Å². The lowest BCUT2D eigenvalue weighted by molar-refractivity contribution is -0.291. The molecule has 1 aromatic heterocycles. The second kappa shape index (κ2) is 4.46. The number of nitrogens with zero attached hydrogens (tertiary/aromatic N) is 1. The van der Waals surface area contributed by atoms with Crippen LogP contribution in [0.15, 0.2) is 12.1 Å². The highest BCUT2D eigenvalue weighted by molar-refractivity contribution is 14.1. The first-order valence-electron chi connectivity index (χ1n) is 4.06. The van der Waals surface area contributed by atoms with Gasteiger partial charge in [0.15, 0.2) is 5.69 Å². The fourth-order valence-electron chi connectivity index (χ4n) is 1.06. The van der Waals surface area contributed by atoms with Crippen LogP contribution in [0.5, 0.6) is 0 Å². The molecular weight excluding hydrogens is 389 g/mol. The van der Waals surface area contributed by atoms with E-state index in [1.807, 2.05) is 0 Å². The van der Waals surface area contributed by atoms with Crippen LogP contribution >= 0.6 is 22.6 Å². The van der Waals surface area contributed by atoms with Gasteiger partial charge in [0.2, 0.25) is 0 Å². The van der Waals surface area contributed by atoms with Gasteiger partial charge in [-0.15, -0.1) is 0 Å². The van der Waals surface area contributed by atoms with Gasteiger partial charge >= 0.3 is 18.3 Å². The number of alkyl halides is 8. The van der Waals surface area contributed by atoms with E-state index in [2.05, 4.69) is 4.98 Å². The van der Waals surface area contributed by atoms with Gasteiger partial charge in [-0.2, -0.15) is 35.1 Å². The Kier molecular flexibility index (Phi) is 3.81. The third kappa shape index (κ3) is 2.83. The molecule has 0 N–H and O–H groups in total. The van der Waals surface area contributed by atoms with Crippen molar-refractivity contribution in [1.29, 1.82) is 0 Å². The molecule has 0 aliphatic heterocycles. The quantitative estimate of drug-likeness (QED) is 0.394. The topological polar surface area (TPSA) is 12.9 Å². The summed E-state index contributed by atoms with van der Waals surface area (Å²) in [6, 6.07) is 0.718. The zero-order valence-corrected chi connectivity index (χ0v) is 10.2. The number of halogens is 9. The standard InChI is InChI=1S/C8H2F8IN/c9-6(10,8(14,15)16)3-1-2-4(17)18-5(3)7(11,12)13/h1-2H. The van der Waals surface area contributed by atoms with Crippen LogP contribution in [-0.4, -0.2) is 11.2 Å². The summed E-state index contributed by atoms with van der Waals surface area (Å²) in [5.41, 5.74) is -4.44. The van der Waals surface area contributed by atoms with Crippen LogP contribution in [0, 0.1) is 3.70 Å². The molecule has 0 radical (unpaired) electrons. The van der Waals surface area contributed by atoms with E-state index < -0.39 is 29.5 Å². The number of aromatic nitrogens is 1. The monoisotopic (exact) mass is 391 g/mol. The molecule has 1 rings (SSSR count). The maximum Gasteiger partial charge on any atom is 0.458 e. The lowest BCUT2D eigenvalue weighted by Gasteiger charge is -2.22. The molecule has 10 heteroatoms. The molecule has 0 aromatic carbocycles. The maximum absolute atomic E-state index is 12.9. The predicted octanol–water partition coefficient (Wildman–Crippen LogP) is 4.36. The second-order valence-corrected chi connectivity index (χ2v) is 4.21. The number of hydrogen-bond donors (Lipinski definition) is 0. The van der Waals surface area contributed by atoms with Gasteiger partial charge < -0.3 is 0 Å². The minimum Gasteiger partial charge on any atom is -0.237 e. The molecular formula is C8H2F8IN. The summed E-state index contributed by atoms with van der Waals surface area (Å²) in [6.45, 7) is 0. The van der Waals surface area contributed by atoms with Crippen LogP contribution in [0.25, 0.3) is 0 Å². The summed E-state index contributed by atoms with van der Waals surface area (Å²) in [5.74, 6) is -5.62. The summed E-state index contributed by atoms with van der Waals surface area (Å²) >= 11 is 1.27. The van der Waals surface area contributed by atoms with Gasteiger partial charge in [0, 0.05) is 0 Å². The van der Waals surface area contributed by atoms with Gasteiger partial charge in [-0.25, -0.2) is 4.98 Å². The maximum atomic E-state index is 12.9. The molecule has 0 atom stereocenters. The van der Waals surface area contributed by atoms with E-state index in [0.29, 0.717) is 6.07 Å². The molecule has 0 saturated carbocycles. The van der Waals surface area contributed by atoms with Gasteiger partial charge in [0.1, 0.15) is 3.70 Å². The van der Waals surface area contributed by atoms with Crippen molar-refractivity contribution in [3.8, 4) is 0 Å². The summed E-state index contributed by atoms with van der Waals surface area (Å²) < 4.78 is 98.8. The lowest BCUT2D eigenvalue weighted by Crippen LogP contribution is -2.36. The molecule has 1 nitrogen and oxygen atoms in total. The Morgan fingerprint density at radius 3 is 1.78 bits per heavy atom. The SMILES string of the molecule is FC(F)(F)c1nc(I)ccc1C(F)(F)C(F)(F)F. The van der Waals surface area contributed by atoms with Crippen molar-refractivity contribution in [1.82, 2.24) is 4.98 Å². The Morgan fingerprint density at radius 2 is 1.39 bits per heavy atom. The third-order valence-corrected chi connectivity index (χ3v) is 2.42. The summed E-state index contributed by atoms with van der Waals surface area (Å²) in [5, 5.41) is 0. The first kappa shape index (κ1) is 15.4. The Balaban J connectivity index is 3.52. The van der Waals surface area contributed by atoms with E-state index in [1.54, 1.807) is 0 Å². The summed E-state index contributed by atoms with van der Waals surface area (Å²) in [4.78, 5) is 2.71. The predicted molar refractivity (Wildman–Crippen MR) is 51.9 cm³/mol. The van der Waals surface area contributed by atoms with E-state index in [1.165, 1.54) is 22.6 Å². The molecule has 0 bridgehead atoms. The van der Waals surface area contributed by atoms with Crippen LogP contribution in [0.1, 0.15) is 11.3 Å². The summed E-state index contributed by atoms with van der Waals surface area (Å²) in [7, 11) is 0. The minimum absolute atomic E-state index is 0.0745. The molecule has 18 heavy (non-hydrogen) atoms. The highest BCUT2D eigenvalue weighted by Crippen LogP contribution is 2.47. The molecule has 0 spiro atoms. The Morgan fingerprint density at radius 1 is 0.889 bits per heavy atom. The highest BCUT2D eigenvalue weighted by Gasteiger charge is 2.61. The van der Waals surface area contributed by atoms with Crippen LogP contribution in [0.4, 0.5) is 35.1 Å². The average Bonchev–Trinajstić information content (AvgIpc) is 2.13. The third-order valence-electron chi connectivity index (χ3n) is 1.82. The fraction of sp³-hybridized carbons (Fsp3) is 0.375. The molecule has 1 heterocycles. The largest absolute Gasteiger partial charge is 0.458 e. The second-order valence-electron chi connectivity index (χ2n) is 3.10. The van der Waals surface area contributed by atoms with Crippen molar-refractivity contribution in [2.75, 3.05) is 0 Å². The van der Waals surface area contributed by atoms with Crippen molar-refractivity contribution in [2.45, 2.75) is 18.3 Å². The molecule has 0 amide bonds. The zero-order chi connectivity index (χ0) is 14.4. The number of hydrogen-bond acceptors (Lipinski definition) is 1. The van der Waals surface area contributed by atoms with Crippen molar-refractivity contribution >= 4 is 22.6 Å². The zero-order valence-electron chi connectivity index (χ0n) is 8.00. The Bertz CT molecular complexity index is 449. The van der Waals surface area contributed by atoms with Gasteiger partial charge in [0.25, 0.3) is 0 Å². The minimum atomic E-state index is -6.12. The average molecular weight is 391 g/mol. The van der Waals surface area contributed by atoms with Crippen molar-refractivity contribution in [2.24, 2.45) is 0 Å². The lowest BCUT2D eigenvalue weighted by atomic mass is 10.1. The summed E-state index contributed by atoms with van der Waals surface area (Å²) in [6.07, 6.45) is -11.5. The molecule has 0 unspecified atom stereocenters. The normalized spacial score (nSPS) is 13.8. The number of rotatable bonds is 1. The first-order chi connectivity index (χ1) is 7.87. The van der Waals surface area contributed by atoms with Crippen molar-refractivity contribution in [3.63, 3.8) is 0 Å². The Labute approximate surface area is 108 Å². The van der Waals surface area contributed by atoms with Gasteiger partial charge in [-0.3, -0.25) is 0 Å². The Hall–Kier alpha value is -0.680. The van der Waals surface area contributed by atoms with Crippen molar-refractivity contribution < 1.29 is 35.1 Å². The van der Waals surface area contributed by atoms with Gasteiger partial charge in [0.05, 0.1) is 5.56 Å². The molecule has 0 saturated heterocycles. The molecule has 102 valence electrons. The smallest absolute Gasteiger partial charge is 0.237 e. The highest BCUT2D eigenvalue weighted by atomic mass is 127. The van der Waals surface area contributed by atoms with E-state index in [0.717, 1.165) is 0 Å². The molecule has 0 fully saturated rings. The van der Waals surface area contributed by atoms with Crippen LogP contribution in [0.3, 0.4) is 0 Å². The first-order valence-corrected chi connectivity index (χ1v) is 5.14. The number of pyridine rings is 1. The van der Waals surface area contributed by atoms with E-state index >= 15 is 0 Å². The van der Waals surface area contributed by atoms with Gasteiger partial charge in [-0.1, -0.05) is 0 Å². The molecule has 1 aromatic rings.